The van der Waals surface area contributed by atoms with Crippen molar-refractivity contribution in [2.24, 2.45) is 5.73 Å². The minimum atomic E-state index is -5.11. The van der Waals surface area contributed by atoms with E-state index in [1.807, 2.05) is 0 Å². The van der Waals surface area contributed by atoms with Gasteiger partial charge >= 0.3 is 12.4 Å². The molecule has 0 atom stereocenters. The van der Waals surface area contributed by atoms with Gasteiger partial charge in [0, 0.05) is 48.4 Å². The van der Waals surface area contributed by atoms with Crippen LogP contribution in [0.3, 0.4) is 0 Å². The molecular weight excluding hydrogens is 660 g/mol. The molecule has 0 saturated heterocycles. The molecule has 50 heavy (non-hydrogen) atoms. The molecule has 4 aromatic carbocycles. The zero-order chi connectivity index (χ0) is 35.7. The van der Waals surface area contributed by atoms with Crippen molar-refractivity contribution in [1.82, 2.24) is 9.55 Å². The molecule has 0 fully saturated rings. The number of ether oxygens (including phenoxy) is 2. The van der Waals surface area contributed by atoms with Crippen molar-refractivity contribution >= 4 is 5.78 Å². The Bertz CT molecular complexity index is 1860. The Kier molecular flexibility index (Phi) is 11.9. The summed E-state index contributed by atoms with van der Waals surface area (Å²) in [6.45, 7) is 2.08. The number of halogens is 6. The molecule has 0 aliphatic heterocycles. The van der Waals surface area contributed by atoms with E-state index >= 15 is 0 Å². The largest absolute Gasteiger partial charge is 0.417 e. The second-order valence-corrected chi connectivity index (χ2v) is 11.4. The number of carbonyl (C=O) groups excluding carboxylic acids is 1. The number of rotatable bonds is 15. The van der Waals surface area contributed by atoms with Crippen LogP contribution in [0.2, 0.25) is 0 Å². The Morgan fingerprint density at radius 3 is 1.94 bits per heavy atom. The predicted molar refractivity (Wildman–Crippen MR) is 178 cm³/mol. The lowest BCUT2D eigenvalue weighted by Gasteiger charge is -2.18. The van der Waals surface area contributed by atoms with Crippen molar-refractivity contribution in [2.75, 3.05) is 33.0 Å². The highest BCUT2D eigenvalue weighted by molar-refractivity contribution is 5.96. The Morgan fingerprint density at radius 2 is 1.34 bits per heavy atom. The zero-order valence-electron chi connectivity index (χ0n) is 26.9. The lowest BCUT2D eigenvalue weighted by Crippen LogP contribution is -2.14. The molecule has 12 heteroatoms. The molecule has 0 spiro atoms. The average molecular weight is 696 g/mol. The van der Waals surface area contributed by atoms with E-state index in [9.17, 15) is 31.1 Å². The molecular formula is C38H35F6N3O3. The second kappa shape index (κ2) is 16.3. The summed E-state index contributed by atoms with van der Waals surface area (Å²) in [4.78, 5) is 17.6. The van der Waals surface area contributed by atoms with Crippen molar-refractivity contribution in [3.63, 3.8) is 0 Å². The maximum Gasteiger partial charge on any atom is 0.417 e. The smallest absolute Gasteiger partial charge is 0.379 e. The molecule has 1 aromatic heterocycles. The summed E-state index contributed by atoms with van der Waals surface area (Å²) in [7, 11) is 0. The number of nitrogens with two attached hydrogens (primary N) is 1. The van der Waals surface area contributed by atoms with Gasteiger partial charge in [0.05, 0.1) is 42.3 Å². The number of aromatic nitrogens is 2. The first-order chi connectivity index (χ1) is 24.0. The summed E-state index contributed by atoms with van der Waals surface area (Å²) in [6.07, 6.45) is -9.34. The van der Waals surface area contributed by atoms with Gasteiger partial charge in [-0.15, -0.1) is 0 Å². The molecule has 6 nitrogen and oxygen atoms in total. The maximum atomic E-state index is 14.5. The van der Waals surface area contributed by atoms with Gasteiger partial charge in [0.2, 0.25) is 0 Å². The van der Waals surface area contributed by atoms with Crippen molar-refractivity contribution < 1.29 is 40.6 Å². The van der Waals surface area contributed by atoms with Gasteiger partial charge in [0.15, 0.2) is 5.78 Å². The number of alkyl halides is 6. The van der Waals surface area contributed by atoms with Gasteiger partial charge in [-0.2, -0.15) is 26.3 Å². The first-order valence-electron chi connectivity index (χ1n) is 15.9. The number of hydrogen-bond donors (Lipinski definition) is 1. The van der Waals surface area contributed by atoms with E-state index in [4.69, 9.17) is 20.2 Å². The van der Waals surface area contributed by atoms with Gasteiger partial charge in [-0.25, -0.2) is 4.98 Å². The van der Waals surface area contributed by atoms with Gasteiger partial charge in [-0.3, -0.25) is 4.79 Å². The molecule has 0 radical (unpaired) electrons. The number of nitrogens with zero attached hydrogens (tertiary/aromatic N) is 2. The molecule has 0 unspecified atom stereocenters. The van der Waals surface area contributed by atoms with Crippen LogP contribution in [0, 0.1) is 0 Å². The van der Waals surface area contributed by atoms with Crippen LogP contribution >= 0.6 is 0 Å². The first kappa shape index (κ1) is 36.5. The Labute approximate surface area is 285 Å². The number of benzene rings is 4. The van der Waals surface area contributed by atoms with E-state index < -0.39 is 29.0 Å². The summed E-state index contributed by atoms with van der Waals surface area (Å²) >= 11 is 0. The van der Waals surface area contributed by atoms with Crippen molar-refractivity contribution in [3.8, 4) is 33.9 Å². The average Bonchev–Trinajstić information content (AvgIpc) is 3.48. The molecule has 262 valence electrons. The van der Waals surface area contributed by atoms with Gasteiger partial charge in [0.1, 0.15) is 5.82 Å². The lowest BCUT2D eigenvalue weighted by atomic mass is 10.0. The van der Waals surface area contributed by atoms with Crippen LogP contribution in [0.1, 0.15) is 39.9 Å². The Morgan fingerprint density at radius 1 is 0.720 bits per heavy atom. The minimum Gasteiger partial charge on any atom is -0.379 e. The topological polar surface area (TPSA) is 79.4 Å². The van der Waals surface area contributed by atoms with Crippen LogP contribution in [0.4, 0.5) is 26.3 Å². The third-order valence-corrected chi connectivity index (χ3v) is 7.90. The monoisotopic (exact) mass is 695 g/mol. The molecule has 0 bridgehead atoms. The van der Waals surface area contributed by atoms with Gasteiger partial charge in [-0.1, -0.05) is 91.0 Å². The third-order valence-electron chi connectivity index (χ3n) is 7.90. The SMILES string of the molecule is NCCOCCOCCCC(=O)c1ccc(Cn2c(-c3ccc(C(F)(F)F)cc3C(F)(F)F)nc(-c3ccccc3)c2-c2ccccc2)cc1. The van der Waals surface area contributed by atoms with Gasteiger partial charge < -0.3 is 19.8 Å². The molecule has 5 aromatic rings. The highest BCUT2D eigenvalue weighted by Gasteiger charge is 2.39. The minimum absolute atomic E-state index is 0.00620. The van der Waals surface area contributed by atoms with E-state index in [2.05, 4.69) is 0 Å². The fourth-order valence-corrected chi connectivity index (χ4v) is 5.51. The number of imidazole rings is 1. The Balaban J connectivity index is 1.53. The summed E-state index contributed by atoms with van der Waals surface area (Å²) in [5.41, 5.74) is 5.20. The summed E-state index contributed by atoms with van der Waals surface area (Å²) in [5, 5.41) is 0. The highest BCUT2D eigenvalue weighted by atomic mass is 19.4. The molecule has 2 N–H and O–H groups in total. The highest BCUT2D eigenvalue weighted by Crippen LogP contribution is 2.43. The quantitative estimate of drug-likeness (QED) is 0.0673. The molecule has 1 heterocycles. The van der Waals surface area contributed by atoms with Crippen LogP contribution in [-0.4, -0.2) is 48.3 Å². The third kappa shape index (κ3) is 9.06. The fraction of sp³-hybridized carbons (Fsp3) is 0.263. The summed E-state index contributed by atoms with van der Waals surface area (Å²) in [6, 6.07) is 26.1. The van der Waals surface area contributed by atoms with Crippen molar-refractivity contribution in [2.45, 2.75) is 31.7 Å². The van der Waals surface area contributed by atoms with E-state index in [0.717, 1.165) is 6.07 Å². The van der Waals surface area contributed by atoms with Crippen LogP contribution in [0.15, 0.2) is 103 Å². The molecule has 0 aliphatic carbocycles. The number of ketones is 1. The van der Waals surface area contributed by atoms with Gasteiger partial charge in [0.25, 0.3) is 0 Å². The van der Waals surface area contributed by atoms with Crippen LogP contribution in [0.5, 0.6) is 0 Å². The zero-order valence-corrected chi connectivity index (χ0v) is 26.9. The summed E-state index contributed by atoms with van der Waals surface area (Å²) < 4.78 is 96.5. The van der Waals surface area contributed by atoms with Crippen molar-refractivity contribution in [1.29, 1.82) is 0 Å². The van der Waals surface area contributed by atoms with Crippen molar-refractivity contribution in [3.05, 3.63) is 125 Å². The van der Waals surface area contributed by atoms with Crippen LogP contribution in [-0.2, 0) is 28.4 Å². The van der Waals surface area contributed by atoms with E-state index in [0.29, 0.717) is 79.1 Å². The van der Waals surface area contributed by atoms with E-state index in [1.165, 1.54) is 0 Å². The standard InChI is InChI=1S/C38H35F6N3O3/c39-37(40,41)30-17-18-31(32(24-30)38(42,43)44)36-46-34(28-8-3-1-4-9-28)35(29-10-5-2-6-11-29)47(36)25-26-13-15-27(16-14-26)33(48)12-7-20-49-22-23-50-21-19-45/h1-6,8-11,13-18,24H,7,12,19-23,25,45H2. The molecule has 0 aliphatic rings. The normalized spacial score (nSPS) is 12.0. The number of hydrogen-bond acceptors (Lipinski definition) is 5. The first-order valence-corrected chi connectivity index (χ1v) is 15.9. The Hall–Kier alpha value is -4.78. The fourth-order valence-electron chi connectivity index (χ4n) is 5.51. The van der Waals surface area contributed by atoms with E-state index in [-0.39, 0.29) is 30.6 Å². The van der Waals surface area contributed by atoms with Crippen LogP contribution in [0.25, 0.3) is 33.9 Å². The summed E-state index contributed by atoms with van der Waals surface area (Å²) in [5.74, 6) is -0.254. The molecule has 0 amide bonds. The number of carbonyl (C=O) groups is 1. The predicted octanol–water partition coefficient (Wildman–Crippen LogP) is 8.92. The lowest BCUT2D eigenvalue weighted by molar-refractivity contribution is -0.142. The molecule has 0 saturated carbocycles. The number of Topliss-reactive ketones (excluding diaryl/α,β-unsaturated/α-hetero) is 1. The van der Waals surface area contributed by atoms with Crippen LogP contribution < -0.4 is 5.73 Å². The van der Waals surface area contributed by atoms with Gasteiger partial charge in [-0.05, 0) is 24.1 Å². The van der Waals surface area contributed by atoms with E-state index in [1.54, 1.807) is 89.5 Å². The molecule has 5 rings (SSSR count). The second-order valence-electron chi connectivity index (χ2n) is 11.4. The maximum absolute atomic E-state index is 14.5.